The molecule has 6 atom stereocenters. The Morgan fingerprint density at radius 1 is 1.19 bits per heavy atom. The normalized spacial score (nSPS) is 30.4. The molecule has 3 aliphatic heterocycles. The second kappa shape index (κ2) is 11.7. The predicted octanol–water partition coefficient (Wildman–Crippen LogP) is 3.18. The first-order chi connectivity index (χ1) is 17.4. The van der Waals surface area contributed by atoms with Gasteiger partial charge in [0.2, 0.25) is 17.7 Å². The van der Waals surface area contributed by atoms with Gasteiger partial charge < -0.3 is 25.4 Å². The molecule has 1 aromatic carbocycles. The lowest BCUT2D eigenvalue weighted by atomic mass is 9.70. The molecule has 3 heterocycles. The summed E-state index contributed by atoms with van der Waals surface area (Å²) in [5, 5.41) is 15.1. The molecule has 0 aliphatic carbocycles. The standard InChI is InChI=1S/C26H36BrN3O5S/c1-3-12-28-23(32)19-20-25(34)30(13-6-4-5-7-14-31)22(26(20)15-18(27)21(19)36-26)24(33)29-16-8-10-17(35-2)11-9-16/h8-11,18-22,31H,3-7,12-15H2,1-2H3,(H,28,32)(H,29,33)/t18?,19-,20-,21-,22?,26?/m0/s1. The van der Waals surface area contributed by atoms with E-state index in [1.165, 1.54) is 0 Å². The number of unbranched alkanes of at least 4 members (excludes halogenated alkanes) is 3. The van der Waals surface area contributed by atoms with Crippen LogP contribution in [-0.2, 0) is 14.4 Å². The number of nitrogens with zero attached hydrogens (tertiary/aromatic N) is 1. The Hall–Kier alpha value is -1.78. The number of carbonyl (C=O) groups is 3. The van der Waals surface area contributed by atoms with E-state index in [-0.39, 0.29) is 34.4 Å². The van der Waals surface area contributed by atoms with Crippen molar-refractivity contribution in [2.45, 2.75) is 66.3 Å². The van der Waals surface area contributed by atoms with Crippen LogP contribution in [0.5, 0.6) is 5.75 Å². The van der Waals surface area contributed by atoms with Crippen LogP contribution >= 0.6 is 27.7 Å². The molecule has 3 aliphatic rings. The Balaban J connectivity index is 1.62. The molecule has 198 valence electrons. The van der Waals surface area contributed by atoms with E-state index in [4.69, 9.17) is 9.84 Å². The fourth-order valence-corrected chi connectivity index (χ4v) is 9.58. The Bertz CT molecular complexity index is 963. The van der Waals surface area contributed by atoms with E-state index < -0.39 is 22.6 Å². The van der Waals surface area contributed by atoms with Gasteiger partial charge in [-0.05, 0) is 49.9 Å². The molecule has 3 fully saturated rings. The van der Waals surface area contributed by atoms with Crippen LogP contribution in [0, 0.1) is 11.8 Å². The lowest BCUT2D eigenvalue weighted by Gasteiger charge is -2.35. The van der Waals surface area contributed by atoms with Crippen molar-refractivity contribution in [2.75, 3.05) is 32.1 Å². The lowest BCUT2D eigenvalue weighted by molar-refractivity contribution is -0.139. The zero-order chi connectivity index (χ0) is 25.9. The molecule has 0 radical (unpaired) electrons. The quantitative estimate of drug-likeness (QED) is 0.258. The van der Waals surface area contributed by atoms with Crippen molar-refractivity contribution in [3.63, 3.8) is 0 Å². The van der Waals surface area contributed by atoms with Gasteiger partial charge >= 0.3 is 0 Å². The number of benzene rings is 1. The van der Waals surface area contributed by atoms with Crippen molar-refractivity contribution in [3.8, 4) is 5.75 Å². The fraction of sp³-hybridized carbons (Fsp3) is 0.654. The number of thioether (sulfide) groups is 1. The molecule has 1 spiro atoms. The Labute approximate surface area is 225 Å². The third kappa shape index (κ3) is 5.00. The summed E-state index contributed by atoms with van der Waals surface area (Å²) in [7, 11) is 1.59. The smallest absolute Gasteiger partial charge is 0.248 e. The highest BCUT2D eigenvalue weighted by molar-refractivity contribution is 9.09. The van der Waals surface area contributed by atoms with Crippen LogP contribution in [0.3, 0.4) is 0 Å². The monoisotopic (exact) mass is 581 g/mol. The average molecular weight is 583 g/mol. The summed E-state index contributed by atoms with van der Waals surface area (Å²) in [5.74, 6) is -0.657. The third-order valence-electron chi connectivity index (χ3n) is 7.55. The zero-order valence-electron chi connectivity index (χ0n) is 20.9. The summed E-state index contributed by atoms with van der Waals surface area (Å²) in [6.07, 6.45) is 4.70. The maximum absolute atomic E-state index is 13.9. The highest BCUT2D eigenvalue weighted by Crippen LogP contribution is 2.67. The Kier molecular flexibility index (Phi) is 8.88. The Morgan fingerprint density at radius 3 is 2.58 bits per heavy atom. The number of rotatable bonds is 12. The van der Waals surface area contributed by atoms with Crippen LogP contribution in [0.4, 0.5) is 5.69 Å². The fourth-order valence-electron chi connectivity index (χ4n) is 5.97. The van der Waals surface area contributed by atoms with Gasteiger partial charge in [0.25, 0.3) is 0 Å². The van der Waals surface area contributed by atoms with Crippen LogP contribution in [-0.4, -0.2) is 75.4 Å². The number of likely N-dealkylation sites (tertiary alicyclic amines) is 1. The molecular formula is C26H36BrN3O5S. The highest BCUT2D eigenvalue weighted by Gasteiger charge is 2.75. The predicted molar refractivity (Wildman–Crippen MR) is 144 cm³/mol. The van der Waals surface area contributed by atoms with Gasteiger partial charge in [-0.2, -0.15) is 0 Å². The van der Waals surface area contributed by atoms with Crippen molar-refractivity contribution in [1.82, 2.24) is 10.2 Å². The van der Waals surface area contributed by atoms with Gasteiger partial charge in [-0.3, -0.25) is 14.4 Å². The van der Waals surface area contributed by atoms with Crippen molar-refractivity contribution >= 4 is 51.1 Å². The van der Waals surface area contributed by atoms with Crippen molar-refractivity contribution < 1.29 is 24.2 Å². The second-order valence-corrected chi connectivity index (χ2v) is 12.6. The van der Waals surface area contributed by atoms with Crippen LogP contribution in [0.2, 0.25) is 0 Å². The first-order valence-electron chi connectivity index (χ1n) is 12.8. The summed E-state index contributed by atoms with van der Waals surface area (Å²) in [4.78, 5) is 42.8. The van der Waals surface area contributed by atoms with Crippen molar-refractivity contribution in [1.29, 1.82) is 0 Å². The maximum Gasteiger partial charge on any atom is 0.248 e. The van der Waals surface area contributed by atoms with Gasteiger partial charge in [-0.25, -0.2) is 0 Å². The van der Waals surface area contributed by atoms with E-state index in [1.54, 1.807) is 48.0 Å². The average Bonchev–Trinajstić information content (AvgIpc) is 3.46. The molecule has 3 saturated heterocycles. The van der Waals surface area contributed by atoms with Gasteiger partial charge in [0.05, 0.1) is 23.7 Å². The molecule has 8 nitrogen and oxygen atoms in total. The highest BCUT2D eigenvalue weighted by atomic mass is 79.9. The SMILES string of the molecule is CCCNC(=O)[C@H]1[C@H]2C(=O)N(CCCCCCO)C(C(=O)Nc3ccc(OC)cc3)C23CC(Br)[C@@H]1S3. The molecule has 10 heteroatoms. The van der Waals surface area contributed by atoms with E-state index in [2.05, 4.69) is 26.6 Å². The minimum Gasteiger partial charge on any atom is -0.497 e. The van der Waals surface area contributed by atoms with Gasteiger partial charge in [-0.15, -0.1) is 11.8 Å². The summed E-state index contributed by atoms with van der Waals surface area (Å²) in [5.41, 5.74) is 0.640. The number of nitrogens with one attached hydrogen (secondary N) is 2. The van der Waals surface area contributed by atoms with Crippen LogP contribution in [0.15, 0.2) is 24.3 Å². The van der Waals surface area contributed by atoms with Gasteiger partial charge in [-0.1, -0.05) is 35.7 Å². The number of aliphatic hydroxyl groups excluding tert-OH is 1. The van der Waals surface area contributed by atoms with Crippen molar-refractivity contribution in [3.05, 3.63) is 24.3 Å². The van der Waals surface area contributed by atoms with E-state index in [0.717, 1.165) is 32.1 Å². The van der Waals surface area contributed by atoms with E-state index in [1.807, 2.05) is 6.92 Å². The first-order valence-corrected chi connectivity index (χ1v) is 14.6. The topological polar surface area (TPSA) is 108 Å². The van der Waals surface area contributed by atoms with E-state index in [0.29, 0.717) is 30.9 Å². The number of hydrogen-bond donors (Lipinski definition) is 3. The molecule has 3 N–H and O–H groups in total. The molecule has 3 amide bonds. The molecule has 2 bridgehead atoms. The number of anilines is 1. The summed E-state index contributed by atoms with van der Waals surface area (Å²) in [6, 6.07) is 6.49. The number of hydrogen-bond acceptors (Lipinski definition) is 6. The van der Waals surface area contributed by atoms with Crippen molar-refractivity contribution in [2.24, 2.45) is 11.8 Å². The lowest BCUT2D eigenvalue weighted by Crippen LogP contribution is -2.53. The van der Waals surface area contributed by atoms with Gasteiger partial charge in [0.15, 0.2) is 0 Å². The molecule has 4 rings (SSSR count). The van der Waals surface area contributed by atoms with E-state index in [9.17, 15) is 14.4 Å². The zero-order valence-corrected chi connectivity index (χ0v) is 23.3. The number of ether oxygens (including phenoxy) is 1. The third-order valence-corrected chi connectivity index (χ3v) is 10.8. The van der Waals surface area contributed by atoms with Gasteiger partial charge in [0, 0.05) is 35.5 Å². The van der Waals surface area contributed by atoms with Gasteiger partial charge in [0.1, 0.15) is 11.8 Å². The summed E-state index contributed by atoms with van der Waals surface area (Å²) >= 11 is 5.44. The Morgan fingerprint density at radius 2 is 1.92 bits per heavy atom. The molecule has 0 aromatic heterocycles. The molecule has 36 heavy (non-hydrogen) atoms. The molecule has 0 saturated carbocycles. The molecular weight excluding hydrogens is 546 g/mol. The molecule has 3 unspecified atom stereocenters. The van der Waals surface area contributed by atoms with Crippen LogP contribution < -0.4 is 15.4 Å². The largest absolute Gasteiger partial charge is 0.497 e. The number of aliphatic hydroxyl groups is 1. The maximum atomic E-state index is 13.9. The number of amides is 3. The van der Waals surface area contributed by atoms with Crippen LogP contribution in [0.1, 0.15) is 45.4 Å². The molecule has 1 aromatic rings. The number of fused-ring (bicyclic) bond motifs is 1. The number of halogens is 1. The number of alkyl halides is 1. The minimum atomic E-state index is -0.658. The summed E-state index contributed by atoms with van der Waals surface area (Å²) in [6.45, 7) is 3.19. The van der Waals surface area contributed by atoms with E-state index >= 15 is 0 Å². The second-order valence-electron chi connectivity index (χ2n) is 9.84. The number of methoxy groups -OCH3 is 1. The van der Waals surface area contributed by atoms with Crippen LogP contribution in [0.25, 0.3) is 0 Å². The number of carbonyl (C=O) groups excluding carboxylic acids is 3. The summed E-state index contributed by atoms with van der Waals surface area (Å²) < 4.78 is 4.57. The first kappa shape index (κ1) is 27.3. The minimum absolute atomic E-state index is 0.0428.